The van der Waals surface area contributed by atoms with Gasteiger partial charge in [0, 0.05) is 39.8 Å². The predicted molar refractivity (Wildman–Crippen MR) is 147 cm³/mol. The molecule has 7 aromatic rings. The molecule has 3 aromatic heterocycles. The van der Waals surface area contributed by atoms with Crippen molar-refractivity contribution in [3.05, 3.63) is 124 Å². The fourth-order valence-corrected chi connectivity index (χ4v) is 5.95. The SMILES string of the molecule is Cc1c2c3ccccc3n(Cc3ccccc3)c2c(C)c2ccn3c(=O)c4ccccc4cc3c12. The van der Waals surface area contributed by atoms with Gasteiger partial charge >= 0.3 is 0 Å². The Balaban J connectivity index is 1.68. The van der Waals surface area contributed by atoms with Crippen molar-refractivity contribution >= 4 is 48.9 Å². The molecule has 0 aliphatic rings. The zero-order valence-corrected chi connectivity index (χ0v) is 19.7. The van der Waals surface area contributed by atoms with Crippen LogP contribution in [0.5, 0.6) is 0 Å². The summed E-state index contributed by atoms with van der Waals surface area (Å²) in [4.78, 5) is 13.4. The van der Waals surface area contributed by atoms with E-state index in [0.717, 1.165) is 28.2 Å². The number of para-hydroxylation sites is 1. The smallest absolute Gasteiger partial charge is 0.262 e. The van der Waals surface area contributed by atoms with Gasteiger partial charge < -0.3 is 4.57 Å². The van der Waals surface area contributed by atoms with Crippen LogP contribution >= 0.6 is 0 Å². The third-order valence-corrected chi connectivity index (χ3v) is 7.54. The fourth-order valence-electron chi connectivity index (χ4n) is 5.95. The van der Waals surface area contributed by atoms with E-state index in [9.17, 15) is 4.79 Å². The molecular formula is C32H24N2O. The van der Waals surface area contributed by atoms with E-state index < -0.39 is 0 Å². The summed E-state index contributed by atoms with van der Waals surface area (Å²) in [6.45, 7) is 5.25. The van der Waals surface area contributed by atoms with Crippen LogP contribution in [-0.4, -0.2) is 8.97 Å². The summed E-state index contributed by atoms with van der Waals surface area (Å²) in [6, 6.07) is 31.5. The zero-order valence-electron chi connectivity index (χ0n) is 19.7. The Labute approximate surface area is 202 Å². The van der Waals surface area contributed by atoms with E-state index in [-0.39, 0.29) is 5.56 Å². The van der Waals surface area contributed by atoms with Crippen molar-refractivity contribution < 1.29 is 0 Å². The van der Waals surface area contributed by atoms with Crippen molar-refractivity contribution in [1.82, 2.24) is 8.97 Å². The molecule has 35 heavy (non-hydrogen) atoms. The lowest BCUT2D eigenvalue weighted by Crippen LogP contribution is -2.13. The lowest BCUT2D eigenvalue weighted by molar-refractivity contribution is 0.867. The minimum atomic E-state index is 0.0312. The van der Waals surface area contributed by atoms with E-state index in [1.165, 1.54) is 43.9 Å². The minimum Gasteiger partial charge on any atom is -0.336 e. The summed E-state index contributed by atoms with van der Waals surface area (Å²) in [5.41, 5.74) is 7.25. The van der Waals surface area contributed by atoms with Crippen molar-refractivity contribution in [2.45, 2.75) is 20.4 Å². The molecule has 0 radical (unpaired) electrons. The third-order valence-electron chi connectivity index (χ3n) is 7.54. The van der Waals surface area contributed by atoms with Crippen molar-refractivity contribution in [3.8, 4) is 0 Å². The summed E-state index contributed by atoms with van der Waals surface area (Å²) >= 11 is 0. The van der Waals surface area contributed by atoms with Gasteiger partial charge in [-0.25, -0.2) is 0 Å². The number of rotatable bonds is 2. The minimum absolute atomic E-state index is 0.0312. The molecule has 0 N–H and O–H groups in total. The molecule has 7 rings (SSSR count). The summed E-state index contributed by atoms with van der Waals surface area (Å²) in [5.74, 6) is 0. The average molecular weight is 453 g/mol. The van der Waals surface area contributed by atoms with Gasteiger partial charge in [-0.15, -0.1) is 0 Å². The molecule has 0 aliphatic heterocycles. The summed E-state index contributed by atoms with van der Waals surface area (Å²) in [7, 11) is 0. The van der Waals surface area contributed by atoms with E-state index in [4.69, 9.17) is 0 Å². The van der Waals surface area contributed by atoms with Crippen molar-refractivity contribution in [1.29, 1.82) is 0 Å². The highest BCUT2D eigenvalue weighted by Gasteiger charge is 2.20. The van der Waals surface area contributed by atoms with E-state index >= 15 is 0 Å². The molecule has 3 heteroatoms. The Bertz CT molecular complexity index is 2010. The van der Waals surface area contributed by atoms with Gasteiger partial charge in [0.2, 0.25) is 0 Å². The standard InChI is InChI=1S/C32H24N2O/c1-20-24-16-17-33-28(18-23-12-6-7-13-25(23)32(33)35)29(24)21(2)30-26-14-8-9-15-27(26)34(31(20)30)19-22-10-4-3-5-11-22/h3-18H,19H2,1-2H3. The van der Waals surface area contributed by atoms with Gasteiger partial charge in [0.25, 0.3) is 5.56 Å². The first-order valence-electron chi connectivity index (χ1n) is 12.0. The van der Waals surface area contributed by atoms with Gasteiger partial charge in [-0.2, -0.15) is 0 Å². The van der Waals surface area contributed by atoms with E-state index in [1.807, 2.05) is 34.9 Å². The van der Waals surface area contributed by atoms with Crippen LogP contribution in [0.25, 0.3) is 48.9 Å². The molecule has 3 heterocycles. The van der Waals surface area contributed by atoms with Crippen LogP contribution in [-0.2, 0) is 6.54 Å². The zero-order chi connectivity index (χ0) is 23.7. The molecular weight excluding hydrogens is 428 g/mol. The third kappa shape index (κ3) is 2.75. The van der Waals surface area contributed by atoms with Crippen LogP contribution in [0.15, 0.2) is 102 Å². The number of benzene rings is 4. The largest absolute Gasteiger partial charge is 0.336 e. The Morgan fingerprint density at radius 3 is 2.20 bits per heavy atom. The molecule has 0 saturated carbocycles. The number of aromatic nitrogens is 2. The lowest BCUT2D eigenvalue weighted by Gasteiger charge is -2.16. The normalized spacial score (nSPS) is 11.9. The first-order valence-corrected chi connectivity index (χ1v) is 12.0. The first-order chi connectivity index (χ1) is 17.1. The maximum atomic E-state index is 13.4. The molecule has 0 bridgehead atoms. The number of nitrogens with zero attached hydrogens (tertiary/aromatic N) is 2. The highest BCUT2D eigenvalue weighted by molar-refractivity contribution is 6.19. The van der Waals surface area contributed by atoms with Gasteiger partial charge in [-0.3, -0.25) is 9.20 Å². The Kier molecular flexibility index (Phi) is 4.19. The van der Waals surface area contributed by atoms with Crippen LogP contribution in [0.2, 0.25) is 0 Å². The molecule has 0 spiro atoms. The number of hydrogen-bond donors (Lipinski definition) is 0. The average Bonchev–Trinajstić information content (AvgIpc) is 3.22. The molecule has 168 valence electrons. The second-order valence-corrected chi connectivity index (χ2v) is 9.46. The van der Waals surface area contributed by atoms with Crippen molar-refractivity contribution in [2.24, 2.45) is 0 Å². The topological polar surface area (TPSA) is 26.4 Å². The van der Waals surface area contributed by atoms with E-state index in [2.05, 4.69) is 85.1 Å². The van der Waals surface area contributed by atoms with Crippen LogP contribution in [0.4, 0.5) is 0 Å². The van der Waals surface area contributed by atoms with Gasteiger partial charge in [0.15, 0.2) is 0 Å². The van der Waals surface area contributed by atoms with Crippen LogP contribution in [0, 0.1) is 13.8 Å². The molecule has 0 amide bonds. The monoisotopic (exact) mass is 452 g/mol. The molecule has 0 unspecified atom stereocenters. The maximum absolute atomic E-state index is 13.4. The number of hydrogen-bond acceptors (Lipinski definition) is 1. The predicted octanol–water partition coefficient (Wildman–Crippen LogP) is 7.38. The molecule has 0 saturated heterocycles. The van der Waals surface area contributed by atoms with Gasteiger partial charge in [-0.05, 0) is 65.6 Å². The second-order valence-electron chi connectivity index (χ2n) is 9.46. The van der Waals surface area contributed by atoms with Crippen LogP contribution in [0.1, 0.15) is 16.7 Å². The summed E-state index contributed by atoms with van der Waals surface area (Å²) < 4.78 is 4.27. The van der Waals surface area contributed by atoms with Gasteiger partial charge in [0.05, 0.1) is 11.0 Å². The van der Waals surface area contributed by atoms with Crippen molar-refractivity contribution in [2.75, 3.05) is 0 Å². The number of fused-ring (bicyclic) bond motifs is 7. The second kappa shape index (κ2) is 7.31. The Morgan fingerprint density at radius 2 is 1.37 bits per heavy atom. The highest BCUT2D eigenvalue weighted by atomic mass is 16.1. The number of aryl methyl sites for hydroxylation is 2. The maximum Gasteiger partial charge on any atom is 0.262 e. The molecule has 3 nitrogen and oxygen atoms in total. The van der Waals surface area contributed by atoms with Gasteiger partial charge in [0.1, 0.15) is 0 Å². The Hall–Kier alpha value is -4.37. The molecule has 0 atom stereocenters. The molecule has 0 aliphatic carbocycles. The fraction of sp³-hybridized carbons (Fsp3) is 0.0938. The number of pyridine rings is 2. The summed E-state index contributed by atoms with van der Waals surface area (Å²) in [5, 5.41) is 6.61. The lowest BCUT2D eigenvalue weighted by atomic mass is 9.95. The molecule has 0 fully saturated rings. The summed E-state index contributed by atoms with van der Waals surface area (Å²) in [6.07, 6.45) is 1.94. The Morgan fingerprint density at radius 1 is 0.657 bits per heavy atom. The van der Waals surface area contributed by atoms with E-state index in [0.29, 0.717) is 0 Å². The molecule has 4 aromatic carbocycles. The highest BCUT2D eigenvalue weighted by Crippen LogP contribution is 2.40. The quantitative estimate of drug-likeness (QED) is 0.199. The van der Waals surface area contributed by atoms with Crippen LogP contribution < -0.4 is 5.56 Å². The van der Waals surface area contributed by atoms with Gasteiger partial charge in [-0.1, -0.05) is 66.7 Å². The first kappa shape index (κ1) is 20.0. The van der Waals surface area contributed by atoms with E-state index in [1.54, 1.807) is 0 Å². The van der Waals surface area contributed by atoms with Crippen molar-refractivity contribution in [3.63, 3.8) is 0 Å². The van der Waals surface area contributed by atoms with Crippen LogP contribution in [0.3, 0.4) is 0 Å².